The van der Waals surface area contributed by atoms with Crippen LogP contribution in [0.25, 0.3) is 11.3 Å². The van der Waals surface area contributed by atoms with Gasteiger partial charge in [0.25, 0.3) is 0 Å². The molecule has 0 spiro atoms. The van der Waals surface area contributed by atoms with Crippen molar-refractivity contribution in [3.63, 3.8) is 0 Å². The zero-order chi connectivity index (χ0) is 10.8. The summed E-state index contributed by atoms with van der Waals surface area (Å²) in [6, 6.07) is 8.43. The zero-order valence-electron chi connectivity index (χ0n) is 9.18. The minimum atomic E-state index is -1.18. The third-order valence-corrected chi connectivity index (χ3v) is 2.14. The van der Waals surface area contributed by atoms with Crippen molar-refractivity contribution in [2.24, 2.45) is 7.05 Å². The van der Waals surface area contributed by atoms with Crippen molar-refractivity contribution in [1.82, 2.24) is 9.78 Å². The van der Waals surface area contributed by atoms with Crippen LogP contribution in [0, 0.1) is 0 Å². The fourth-order valence-corrected chi connectivity index (χ4v) is 1.44. The van der Waals surface area contributed by atoms with Gasteiger partial charge in [-0.15, -0.1) is 0 Å². The number of hydrogen-bond acceptors (Lipinski definition) is 3. The molecule has 0 aliphatic rings. The molecule has 0 saturated heterocycles. The normalized spacial score (nSPS) is 9.56. The third kappa shape index (κ3) is 2.35. The Bertz CT molecular complexity index is 508. The smallest absolute Gasteiger partial charge is 0.545 e. The van der Waals surface area contributed by atoms with Gasteiger partial charge < -0.3 is 9.90 Å². The van der Waals surface area contributed by atoms with Crippen LogP contribution >= 0.6 is 0 Å². The Hall–Kier alpha value is -1.50. The maximum absolute atomic E-state index is 10.9. The van der Waals surface area contributed by atoms with E-state index in [0.717, 1.165) is 0 Å². The standard InChI is InChI=1S/C11H10N2O2.Li/c1-13-7-6-10(12-13)8-4-2-3-5-9(8)11(14)15;/h2-7H,1H3,(H,14,15);/q;+1/p-1. The molecule has 0 aliphatic carbocycles. The number of aryl methyl sites for hydroxylation is 1. The predicted octanol–water partition coefficient (Wildman–Crippen LogP) is -2.55. The number of carbonyl (C=O) groups excluding carboxylic acids is 1. The first kappa shape index (κ1) is 12.6. The molecular formula is C11H9LiN2O2. The first-order chi connectivity index (χ1) is 7.18. The Balaban J connectivity index is 0.00000128. The van der Waals surface area contributed by atoms with E-state index in [1.165, 1.54) is 6.07 Å². The molecule has 1 aromatic heterocycles. The van der Waals surface area contributed by atoms with Crippen LogP contribution < -0.4 is 24.0 Å². The van der Waals surface area contributed by atoms with Crippen LogP contribution in [0.2, 0.25) is 0 Å². The van der Waals surface area contributed by atoms with E-state index in [-0.39, 0.29) is 24.4 Å². The molecule has 0 fully saturated rings. The summed E-state index contributed by atoms with van der Waals surface area (Å²) < 4.78 is 1.63. The van der Waals surface area contributed by atoms with Gasteiger partial charge in [-0.1, -0.05) is 24.3 Å². The van der Waals surface area contributed by atoms with Gasteiger partial charge in [0.15, 0.2) is 0 Å². The summed E-state index contributed by atoms with van der Waals surface area (Å²) in [7, 11) is 1.78. The van der Waals surface area contributed by atoms with Crippen molar-refractivity contribution in [2.45, 2.75) is 0 Å². The maximum atomic E-state index is 10.9. The summed E-state index contributed by atoms with van der Waals surface area (Å²) in [6.45, 7) is 0. The monoisotopic (exact) mass is 208 g/mol. The summed E-state index contributed by atoms with van der Waals surface area (Å²) in [5, 5.41) is 15.0. The van der Waals surface area contributed by atoms with Gasteiger partial charge in [0.2, 0.25) is 0 Å². The number of carboxylic acids is 1. The topological polar surface area (TPSA) is 58.0 Å². The molecule has 0 bridgehead atoms. The molecular weight excluding hydrogens is 199 g/mol. The molecule has 2 rings (SSSR count). The Morgan fingerprint density at radius 1 is 1.31 bits per heavy atom. The Labute approximate surface area is 105 Å². The molecule has 1 heterocycles. The second kappa shape index (κ2) is 5.02. The molecule has 0 N–H and O–H groups in total. The molecule has 0 saturated carbocycles. The number of nitrogens with zero attached hydrogens (tertiary/aromatic N) is 2. The maximum Gasteiger partial charge on any atom is 1.00 e. The SMILES string of the molecule is Cn1ccc(-c2ccccc2C(=O)[O-])n1.[Li+]. The van der Waals surface area contributed by atoms with Crippen molar-refractivity contribution >= 4 is 5.97 Å². The molecule has 0 atom stereocenters. The van der Waals surface area contributed by atoms with E-state index in [9.17, 15) is 9.90 Å². The van der Waals surface area contributed by atoms with Gasteiger partial charge in [-0.25, -0.2) is 0 Å². The summed E-state index contributed by atoms with van der Waals surface area (Å²) in [5.74, 6) is -1.18. The summed E-state index contributed by atoms with van der Waals surface area (Å²) in [6.07, 6.45) is 1.77. The minimum absolute atomic E-state index is 0. The van der Waals surface area contributed by atoms with E-state index < -0.39 is 5.97 Å². The predicted molar refractivity (Wildman–Crippen MR) is 53.0 cm³/mol. The van der Waals surface area contributed by atoms with Crippen LogP contribution in [0.5, 0.6) is 0 Å². The van der Waals surface area contributed by atoms with Crippen LogP contribution in [-0.2, 0) is 7.05 Å². The fourth-order valence-electron chi connectivity index (χ4n) is 1.44. The van der Waals surface area contributed by atoms with E-state index >= 15 is 0 Å². The molecule has 4 nitrogen and oxygen atoms in total. The Morgan fingerprint density at radius 2 is 2.00 bits per heavy atom. The summed E-state index contributed by atoms with van der Waals surface area (Å²) in [5.41, 5.74) is 1.38. The van der Waals surface area contributed by atoms with Crippen molar-refractivity contribution in [2.75, 3.05) is 0 Å². The van der Waals surface area contributed by atoms with E-state index in [2.05, 4.69) is 5.10 Å². The van der Waals surface area contributed by atoms with Gasteiger partial charge in [0, 0.05) is 24.4 Å². The van der Waals surface area contributed by atoms with E-state index in [1.54, 1.807) is 42.2 Å². The molecule has 5 heteroatoms. The van der Waals surface area contributed by atoms with Crippen LogP contribution in [-0.4, -0.2) is 15.7 Å². The van der Waals surface area contributed by atoms with Crippen LogP contribution in [0.1, 0.15) is 10.4 Å². The first-order valence-corrected chi connectivity index (χ1v) is 4.49. The van der Waals surface area contributed by atoms with Gasteiger partial charge in [0.05, 0.1) is 11.7 Å². The van der Waals surface area contributed by atoms with Crippen molar-refractivity contribution in [1.29, 1.82) is 0 Å². The van der Waals surface area contributed by atoms with Gasteiger partial charge in [0.1, 0.15) is 0 Å². The molecule has 0 unspecified atom stereocenters. The first-order valence-electron chi connectivity index (χ1n) is 4.49. The molecule has 0 amide bonds. The van der Waals surface area contributed by atoms with Crippen LogP contribution in [0.4, 0.5) is 0 Å². The molecule has 16 heavy (non-hydrogen) atoms. The minimum Gasteiger partial charge on any atom is -0.545 e. The van der Waals surface area contributed by atoms with Crippen LogP contribution in [0.15, 0.2) is 36.5 Å². The summed E-state index contributed by atoms with van der Waals surface area (Å²) in [4.78, 5) is 10.9. The average Bonchev–Trinajstić information content (AvgIpc) is 2.65. The van der Waals surface area contributed by atoms with Gasteiger partial charge in [-0.2, -0.15) is 5.10 Å². The van der Waals surface area contributed by atoms with Crippen LogP contribution in [0.3, 0.4) is 0 Å². The second-order valence-electron chi connectivity index (χ2n) is 3.21. The van der Waals surface area contributed by atoms with Gasteiger partial charge >= 0.3 is 18.9 Å². The molecule has 1 aromatic carbocycles. The quantitative estimate of drug-likeness (QED) is 0.511. The largest absolute Gasteiger partial charge is 1.00 e. The molecule has 0 aliphatic heterocycles. The summed E-state index contributed by atoms with van der Waals surface area (Å²) >= 11 is 0. The fraction of sp³-hybridized carbons (Fsp3) is 0.0909. The molecule has 2 aromatic rings. The number of benzene rings is 1. The molecule has 76 valence electrons. The Kier molecular flexibility index (Phi) is 3.94. The van der Waals surface area contributed by atoms with Crippen molar-refractivity contribution < 1.29 is 28.8 Å². The number of aromatic nitrogens is 2. The Morgan fingerprint density at radius 3 is 2.56 bits per heavy atom. The number of carbonyl (C=O) groups is 1. The number of rotatable bonds is 2. The second-order valence-corrected chi connectivity index (χ2v) is 3.21. The molecule has 0 radical (unpaired) electrons. The number of carboxylic acid groups (broad SMARTS) is 1. The zero-order valence-corrected chi connectivity index (χ0v) is 9.18. The third-order valence-electron chi connectivity index (χ3n) is 2.14. The number of hydrogen-bond donors (Lipinski definition) is 0. The van der Waals surface area contributed by atoms with Crippen molar-refractivity contribution in [3.05, 3.63) is 42.1 Å². The number of aromatic carboxylic acids is 1. The van der Waals surface area contributed by atoms with Gasteiger partial charge in [-0.05, 0) is 6.07 Å². The van der Waals surface area contributed by atoms with E-state index in [4.69, 9.17) is 0 Å². The van der Waals surface area contributed by atoms with E-state index in [0.29, 0.717) is 11.3 Å². The van der Waals surface area contributed by atoms with Crippen molar-refractivity contribution in [3.8, 4) is 11.3 Å². The average molecular weight is 208 g/mol. The van der Waals surface area contributed by atoms with E-state index in [1.807, 2.05) is 0 Å². The van der Waals surface area contributed by atoms with Gasteiger partial charge in [-0.3, -0.25) is 4.68 Å².